The van der Waals surface area contributed by atoms with Crippen LogP contribution >= 0.6 is 0 Å². The number of esters is 1. The Hall–Kier alpha value is -6.51. The largest absolute Gasteiger partial charge is 0.493 e. The van der Waals surface area contributed by atoms with Crippen LogP contribution in [-0.2, 0) is 27.2 Å². The Bertz CT molecular complexity index is 2130. The van der Waals surface area contributed by atoms with Crippen molar-refractivity contribution in [2.45, 2.75) is 24.8 Å². The number of nitro benzene ring substituents is 1. The first kappa shape index (κ1) is 36.5. The smallest absolute Gasteiger partial charge is 0.413 e. The van der Waals surface area contributed by atoms with E-state index in [2.05, 4.69) is 10.2 Å². The van der Waals surface area contributed by atoms with Crippen molar-refractivity contribution in [1.29, 1.82) is 0 Å². The average molecular weight is 765 g/mol. The van der Waals surface area contributed by atoms with E-state index in [0.717, 1.165) is 22.4 Å². The van der Waals surface area contributed by atoms with Gasteiger partial charge in [-0.2, -0.15) is 0 Å². The summed E-state index contributed by atoms with van der Waals surface area (Å²) in [5.74, 6) is 0.124. The van der Waals surface area contributed by atoms with E-state index in [0.29, 0.717) is 56.3 Å². The Balaban J connectivity index is 1.03. The zero-order valence-corrected chi connectivity index (χ0v) is 30.8. The van der Waals surface area contributed by atoms with Gasteiger partial charge in [-0.1, -0.05) is 30.3 Å². The van der Waals surface area contributed by atoms with Crippen LogP contribution in [0.2, 0.25) is 0 Å². The number of cyclic esters (lactones) is 1. The predicted molar refractivity (Wildman–Crippen MR) is 201 cm³/mol. The third-order valence-electron chi connectivity index (χ3n) is 11.0. The van der Waals surface area contributed by atoms with Gasteiger partial charge in [0.15, 0.2) is 23.0 Å². The molecule has 3 heterocycles. The molecule has 3 aliphatic heterocycles. The number of ether oxygens (including phenoxy) is 6. The summed E-state index contributed by atoms with van der Waals surface area (Å²) in [4.78, 5) is 55.4. The van der Waals surface area contributed by atoms with E-state index in [1.54, 1.807) is 29.2 Å². The number of anilines is 1. The van der Waals surface area contributed by atoms with Crippen molar-refractivity contribution in [2.24, 2.45) is 11.8 Å². The third kappa shape index (κ3) is 7.07. The number of amides is 2. The second-order valence-electron chi connectivity index (χ2n) is 14.1. The number of nitro groups is 1. The molecule has 4 aromatic rings. The van der Waals surface area contributed by atoms with Crippen LogP contribution in [0.3, 0.4) is 0 Å². The summed E-state index contributed by atoms with van der Waals surface area (Å²) in [5, 5.41) is 13.9. The number of carbonyl (C=O) groups is 3. The molecule has 4 aromatic carbocycles. The molecule has 4 aliphatic rings. The van der Waals surface area contributed by atoms with E-state index in [9.17, 15) is 24.5 Å². The SMILES string of the molecule is COc1cc([C@@H]2c3cc4c(cc3C[C@H]3COC(=O)[C@@H]32)OCO4)cc(OC)c1OC(=O)N[C@@H](Cc1ccccc1)C(=O)N1CCN(c2ccc([N+](=O)[O-])cc2)CC1. The van der Waals surface area contributed by atoms with Crippen LogP contribution in [0.5, 0.6) is 28.7 Å². The lowest BCUT2D eigenvalue weighted by Crippen LogP contribution is -2.56. The van der Waals surface area contributed by atoms with Crippen LogP contribution in [0.25, 0.3) is 0 Å². The Labute approximate surface area is 322 Å². The van der Waals surface area contributed by atoms with Gasteiger partial charge in [0.1, 0.15) is 6.04 Å². The topological polar surface area (TPSA) is 168 Å². The number of methoxy groups -OCH3 is 2. The number of hydrogen-bond acceptors (Lipinski definition) is 12. The lowest BCUT2D eigenvalue weighted by molar-refractivity contribution is -0.384. The van der Waals surface area contributed by atoms with Crippen LogP contribution in [0.1, 0.15) is 28.2 Å². The molecule has 1 aliphatic carbocycles. The lowest BCUT2D eigenvalue weighted by atomic mass is 9.67. The maximum atomic E-state index is 14.1. The van der Waals surface area contributed by atoms with Gasteiger partial charge in [-0.15, -0.1) is 0 Å². The third-order valence-corrected chi connectivity index (χ3v) is 11.0. The number of piperazine rings is 1. The standard InChI is InChI=1S/C41H40N4O11/c1-51-34-19-26(36-30-21-33-32(54-23-55-33)18-25(30)17-27-22-53-40(47)37(27)36)20-35(52-2)38(34)56-41(48)42-31(16-24-6-4-3-5-7-24)39(46)44-14-12-43(13-15-44)28-8-10-29(11-9-28)45(49)50/h3-11,18-21,27,31,36-37H,12-17,22-23H2,1-2H3,(H,42,48)/t27-,31-,36+,37-/m0/s1. The molecule has 1 N–H and O–H groups in total. The molecule has 0 unspecified atom stereocenters. The highest BCUT2D eigenvalue weighted by atomic mass is 16.7. The Morgan fingerprint density at radius 3 is 2.25 bits per heavy atom. The molecule has 0 saturated carbocycles. The Kier molecular flexibility index (Phi) is 9.98. The van der Waals surface area contributed by atoms with E-state index in [-0.39, 0.29) is 53.9 Å². The number of rotatable bonds is 10. The van der Waals surface area contributed by atoms with Crippen LogP contribution in [0.4, 0.5) is 16.2 Å². The summed E-state index contributed by atoms with van der Waals surface area (Å²) in [6.07, 6.45) is -0.0291. The van der Waals surface area contributed by atoms with Crippen LogP contribution in [-0.4, -0.2) is 87.6 Å². The van der Waals surface area contributed by atoms with Gasteiger partial charge < -0.3 is 43.5 Å². The first-order valence-electron chi connectivity index (χ1n) is 18.4. The molecular weight excluding hydrogens is 724 g/mol. The molecule has 0 aromatic heterocycles. The molecule has 56 heavy (non-hydrogen) atoms. The minimum Gasteiger partial charge on any atom is -0.493 e. The number of nitrogens with zero attached hydrogens (tertiary/aromatic N) is 3. The van der Waals surface area contributed by atoms with Crippen molar-refractivity contribution in [2.75, 3.05) is 58.7 Å². The number of carbonyl (C=O) groups excluding carboxylic acids is 3. The summed E-state index contributed by atoms with van der Waals surface area (Å²) >= 11 is 0. The van der Waals surface area contributed by atoms with E-state index in [1.807, 2.05) is 42.5 Å². The van der Waals surface area contributed by atoms with Gasteiger partial charge in [-0.25, -0.2) is 4.79 Å². The van der Waals surface area contributed by atoms with Crippen molar-refractivity contribution < 1.29 is 47.7 Å². The van der Waals surface area contributed by atoms with E-state index < -0.39 is 28.9 Å². The highest BCUT2D eigenvalue weighted by Gasteiger charge is 2.48. The van der Waals surface area contributed by atoms with Crippen molar-refractivity contribution >= 4 is 29.3 Å². The van der Waals surface area contributed by atoms with Gasteiger partial charge in [0.2, 0.25) is 18.4 Å². The summed E-state index contributed by atoms with van der Waals surface area (Å²) in [6, 6.07) is 22.1. The van der Waals surface area contributed by atoms with Crippen molar-refractivity contribution in [3.8, 4) is 28.7 Å². The fraction of sp³-hybridized carbons (Fsp3) is 0.341. The van der Waals surface area contributed by atoms with Crippen molar-refractivity contribution in [3.63, 3.8) is 0 Å². The molecular formula is C41H40N4O11. The van der Waals surface area contributed by atoms with Crippen molar-refractivity contribution in [3.05, 3.63) is 111 Å². The molecule has 290 valence electrons. The zero-order valence-electron chi connectivity index (χ0n) is 30.8. The normalized spacial score (nSPS) is 20.0. The minimum absolute atomic E-state index is 0.00569. The van der Waals surface area contributed by atoms with E-state index >= 15 is 0 Å². The van der Waals surface area contributed by atoms with Gasteiger partial charge in [0.25, 0.3) is 5.69 Å². The fourth-order valence-electron chi connectivity index (χ4n) is 8.19. The average Bonchev–Trinajstić information content (AvgIpc) is 3.84. The van der Waals surface area contributed by atoms with Crippen LogP contribution in [0, 0.1) is 22.0 Å². The van der Waals surface area contributed by atoms with Crippen LogP contribution in [0.15, 0.2) is 78.9 Å². The number of benzene rings is 4. The highest BCUT2D eigenvalue weighted by molar-refractivity contribution is 5.87. The van der Waals surface area contributed by atoms with E-state index in [1.165, 1.54) is 26.4 Å². The molecule has 15 heteroatoms. The quantitative estimate of drug-likeness (QED) is 0.132. The number of nitrogens with one attached hydrogen (secondary N) is 1. The molecule has 0 spiro atoms. The predicted octanol–water partition coefficient (Wildman–Crippen LogP) is 4.87. The monoisotopic (exact) mass is 764 g/mol. The minimum atomic E-state index is -0.968. The molecule has 2 saturated heterocycles. The molecule has 15 nitrogen and oxygen atoms in total. The number of fused-ring (bicyclic) bond motifs is 3. The van der Waals surface area contributed by atoms with E-state index in [4.69, 9.17) is 28.4 Å². The Morgan fingerprint density at radius 1 is 0.911 bits per heavy atom. The van der Waals surface area contributed by atoms with Gasteiger partial charge >= 0.3 is 12.1 Å². The first-order chi connectivity index (χ1) is 27.2. The summed E-state index contributed by atoms with van der Waals surface area (Å²) in [5.41, 5.74) is 4.30. The first-order valence-corrected chi connectivity index (χ1v) is 18.4. The second kappa shape index (κ2) is 15.3. The summed E-state index contributed by atoms with van der Waals surface area (Å²) in [6.45, 7) is 2.18. The second-order valence-corrected chi connectivity index (χ2v) is 14.1. The van der Waals surface area contributed by atoms with Gasteiger partial charge in [-0.05, 0) is 65.1 Å². The molecule has 2 fully saturated rings. The zero-order chi connectivity index (χ0) is 38.9. The fourth-order valence-corrected chi connectivity index (χ4v) is 8.19. The van der Waals surface area contributed by atoms with Gasteiger partial charge in [0, 0.05) is 62.3 Å². The lowest BCUT2D eigenvalue weighted by Gasteiger charge is -2.37. The van der Waals surface area contributed by atoms with Gasteiger partial charge in [0.05, 0.1) is 31.7 Å². The molecule has 0 bridgehead atoms. The maximum Gasteiger partial charge on any atom is 0.413 e. The van der Waals surface area contributed by atoms with Crippen LogP contribution < -0.4 is 33.9 Å². The van der Waals surface area contributed by atoms with Gasteiger partial charge in [-0.3, -0.25) is 19.7 Å². The highest BCUT2D eigenvalue weighted by Crippen LogP contribution is 2.52. The molecule has 4 atom stereocenters. The molecule has 0 radical (unpaired) electrons. The molecule has 2 amide bonds. The maximum absolute atomic E-state index is 14.1. The molecule has 8 rings (SSSR count). The number of non-ortho nitro benzene ring substituents is 1. The Morgan fingerprint density at radius 2 is 1.59 bits per heavy atom. The summed E-state index contributed by atoms with van der Waals surface area (Å²) < 4.78 is 34.3. The summed E-state index contributed by atoms with van der Waals surface area (Å²) in [7, 11) is 2.89. The van der Waals surface area contributed by atoms with Crippen molar-refractivity contribution in [1.82, 2.24) is 10.2 Å². The number of hydrogen-bond donors (Lipinski definition) is 1.